The van der Waals surface area contributed by atoms with Gasteiger partial charge in [-0.25, -0.2) is 4.39 Å². The first-order valence-electron chi connectivity index (χ1n) is 7.75. The third-order valence-electron chi connectivity index (χ3n) is 4.05. The Morgan fingerprint density at radius 3 is 2.56 bits per heavy atom. The Balaban J connectivity index is 1.89. The molecule has 0 aliphatic heterocycles. The van der Waals surface area contributed by atoms with E-state index in [0.29, 0.717) is 16.8 Å². The molecular weight excluding hydrogens is 323 g/mol. The summed E-state index contributed by atoms with van der Waals surface area (Å²) in [5.41, 5.74) is 0.207. The smallest absolute Gasteiger partial charge is 0.259 e. The number of rotatable bonds is 4. The van der Waals surface area contributed by atoms with E-state index in [1.807, 2.05) is 0 Å². The predicted molar refractivity (Wildman–Crippen MR) is 94.5 cm³/mol. The molecule has 1 atom stereocenters. The van der Waals surface area contributed by atoms with Gasteiger partial charge < -0.3 is 14.6 Å². The van der Waals surface area contributed by atoms with Gasteiger partial charge in [-0.2, -0.15) is 0 Å². The zero-order chi connectivity index (χ0) is 18.0. The monoisotopic (exact) mass is 340 g/mol. The van der Waals surface area contributed by atoms with Crippen molar-refractivity contribution in [3.8, 4) is 5.75 Å². The number of carbonyl (C=O) groups is 1. The van der Waals surface area contributed by atoms with Crippen molar-refractivity contribution in [3.05, 3.63) is 70.9 Å². The highest BCUT2D eigenvalue weighted by Crippen LogP contribution is 2.19. The Morgan fingerprint density at radius 1 is 1.16 bits per heavy atom. The molecule has 0 aliphatic carbocycles. The number of benzene rings is 2. The van der Waals surface area contributed by atoms with Gasteiger partial charge in [0.25, 0.3) is 5.56 Å². The van der Waals surface area contributed by atoms with Crippen molar-refractivity contribution in [2.45, 2.75) is 13.0 Å². The molecule has 0 radical (unpaired) electrons. The summed E-state index contributed by atoms with van der Waals surface area (Å²) in [6.45, 7) is 1.63. The number of nitrogens with one attached hydrogen (secondary N) is 1. The van der Waals surface area contributed by atoms with E-state index in [9.17, 15) is 14.0 Å². The molecular formula is C19H17FN2O3. The van der Waals surface area contributed by atoms with E-state index >= 15 is 0 Å². The van der Waals surface area contributed by atoms with Crippen LogP contribution < -0.4 is 15.6 Å². The van der Waals surface area contributed by atoms with Gasteiger partial charge in [-0.15, -0.1) is 0 Å². The van der Waals surface area contributed by atoms with Crippen molar-refractivity contribution >= 4 is 22.4 Å². The number of amides is 1. The molecule has 1 N–H and O–H groups in total. The molecule has 1 unspecified atom stereocenters. The van der Waals surface area contributed by atoms with Crippen LogP contribution >= 0.6 is 0 Å². The number of nitrogens with zero attached hydrogens (tertiary/aromatic N) is 1. The number of carbonyl (C=O) groups excluding carboxylic acids is 1. The lowest BCUT2D eigenvalue weighted by Gasteiger charge is -2.16. The van der Waals surface area contributed by atoms with Gasteiger partial charge in [0.2, 0.25) is 5.91 Å². The van der Waals surface area contributed by atoms with E-state index in [0.717, 1.165) is 5.39 Å². The number of methoxy groups -OCH3 is 1. The fraction of sp³-hybridized carbons (Fsp3) is 0.158. The lowest BCUT2D eigenvalue weighted by Crippen LogP contribution is -2.31. The quantitative estimate of drug-likeness (QED) is 0.792. The van der Waals surface area contributed by atoms with Crippen LogP contribution in [0.5, 0.6) is 5.75 Å². The van der Waals surface area contributed by atoms with Crippen LogP contribution in [0, 0.1) is 5.82 Å². The fourth-order valence-electron chi connectivity index (χ4n) is 2.58. The fourth-order valence-corrected chi connectivity index (χ4v) is 2.58. The Morgan fingerprint density at radius 2 is 1.88 bits per heavy atom. The average molecular weight is 340 g/mol. The van der Waals surface area contributed by atoms with Crippen LogP contribution in [0.1, 0.15) is 13.0 Å². The Labute approximate surface area is 143 Å². The SMILES string of the molecule is COc1ccc2c(=O)n(C(C)C(=O)Nc3ccc(F)cc3)ccc2c1. The second-order valence-corrected chi connectivity index (χ2v) is 5.65. The normalized spacial score (nSPS) is 12.0. The van der Waals surface area contributed by atoms with Gasteiger partial charge in [0.05, 0.1) is 7.11 Å². The van der Waals surface area contributed by atoms with Crippen LogP contribution in [0.4, 0.5) is 10.1 Å². The molecule has 0 aliphatic rings. The number of hydrogen-bond acceptors (Lipinski definition) is 3. The predicted octanol–water partition coefficient (Wildman–Crippen LogP) is 3.35. The van der Waals surface area contributed by atoms with E-state index in [4.69, 9.17) is 4.74 Å². The molecule has 0 spiro atoms. The van der Waals surface area contributed by atoms with Crippen molar-refractivity contribution < 1.29 is 13.9 Å². The van der Waals surface area contributed by atoms with Crippen LogP contribution in [0.15, 0.2) is 59.5 Å². The van der Waals surface area contributed by atoms with Gasteiger partial charge in [0.15, 0.2) is 0 Å². The molecule has 1 heterocycles. The van der Waals surface area contributed by atoms with Gasteiger partial charge in [0, 0.05) is 17.3 Å². The minimum atomic E-state index is -0.718. The number of anilines is 1. The zero-order valence-corrected chi connectivity index (χ0v) is 13.8. The standard InChI is InChI=1S/C19H17FN2O3/c1-12(18(23)21-15-5-3-14(20)4-6-15)22-10-9-13-11-16(25-2)7-8-17(13)19(22)24/h3-12H,1-2H3,(H,21,23). The molecule has 0 fully saturated rings. The van der Waals surface area contributed by atoms with E-state index < -0.39 is 6.04 Å². The second-order valence-electron chi connectivity index (χ2n) is 5.65. The largest absolute Gasteiger partial charge is 0.497 e. The van der Waals surface area contributed by atoms with Crippen LogP contribution in [-0.4, -0.2) is 17.6 Å². The summed E-state index contributed by atoms with van der Waals surface area (Å²) in [4.78, 5) is 25.1. The molecule has 25 heavy (non-hydrogen) atoms. The molecule has 2 aromatic carbocycles. The number of hydrogen-bond donors (Lipinski definition) is 1. The summed E-state index contributed by atoms with van der Waals surface area (Å²) < 4.78 is 19.5. The molecule has 1 amide bonds. The third kappa shape index (κ3) is 3.38. The van der Waals surface area contributed by atoms with Gasteiger partial charge >= 0.3 is 0 Å². The summed E-state index contributed by atoms with van der Waals surface area (Å²) >= 11 is 0. The average Bonchev–Trinajstić information content (AvgIpc) is 2.63. The van der Waals surface area contributed by atoms with Gasteiger partial charge in [-0.05, 0) is 60.8 Å². The molecule has 0 bridgehead atoms. The summed E-state index contributed by atoms with van der Waals surface area (Å²) in [5.74, 6) is -0.0828. The number of halogens is 1. The molecule has 5 nitrogen and oxygen atoms in total. The topological polar surface area (TPSA) is 60.3 Å². The molecule has 0 saturated heterocycles. The number of fused-ring (bicyclic) bond motifs is 1. The molecule has 6 heteroatoms. The highest BCUT2D eigenvalue weighted by Gasteiger charge is 2.17. The third-order valence-corrected chi connectivity index (χ3v) is 4.05. The van der Waals surface area contributed by atoms with E-state index in [2.05, 4.69) is 5.32 Å². The maximum absolute atomic E-state index is 12.9. The summed E-state index contributed by atoms with van der Waals surface area (Å²) in [7, 11) is 1.56. The molecule has 1 aromatic heterocycles. The first-order chi connectivity index (χ1) is 12.0. The minimum absolute atomic E-state index is 0.262. The number of aromatic nitrogens is 1. The Bertz CT molecular complexity index is 980. The van der Waals surface area contributed by atoms with E-state index in [1.54, 1.807) is 44.5 Å². The van der Waals surface area contributed by atoms with Crippen molar-refractivity contribution in [1.29, 1.82) is 0 Å². The summed E-state index contributed by atoms with van der Waals surface area (Å²) in [6, 6.07) is 11.7. The lowest BCUT2D eigenvalue weighted by atomic mass is 10.1. The van der Waals surface area contributed by atoms with E-state index in [-0.39, 0.29) is 17.3 Å². The summed E-state index contributed by atoms with van der Waals surface area (Å²) in [5, 5.41) is 3.92. The van der Waals surface area contributed by atoms with Gasteiger partial charge in [-0.3, -0.25) is 9.59 Å². The Hall–Kier alpha value is -3.15. The van der Waals surface area contributed by atoms with Crippen molar-refractivity contribution in [2.24, 2.45) is 0 Å². The maximum atomic E-state index is 12.9. The van der Waals surface area contributed by atoms with Crippen molar-refractivity contribution in [2.75, 3.05) is 12.4 Å². The highest BCUT2D eigenvalue weighted by molar-refractivity contribution is 5.93. The second kappa shape index (κ2) is 6.76. The van der Waals surface area contributed by atoms with Crippen LogP contribution in [0.2, 0.25) is 0 Å². The first-order valence-corrected chi connectivity index (χ1v) is 7.75. The Kier molecular flexibility index (Phi) is 4.52. The van der Waals surface area contributed by atoms with Crippen LogP contribution in [0.25, 0.3) is 10.8 Å². The molecule has 0 saturated carbocycles. The number of pyridine rings is 1. The highest BCUT2D eigenvalue weighted by atomic mass is 19.1. The van der Waals surface area contributed by atoms with Crippen molar-refractivity contribution in [1.82, 2.24) is 4.57 Å². The van der Waals surface area contributed by atoms with E-state index in [1.165, 1.54) is 28.8 Å². The maximum Gasteiger partial charge on any atom is 0.259 e. The van der Waals surface area contributed by atoms with Crippen LogP contribution in [-0.2, 0) is 4.79 Å². The van der Waals surface area contributed by atoms with Gasteiger partial charge in [-0.1, -0.05) is 0 Å². The molecule has 3 aromatic rings. The molecule has 128 valence electrons. The van der Waals surface area contributed by atoms with Gasteiger partial charge in [0.1, 0.15) is 17.6 Å². The summed E-state index contributed by atoms with van der Waals surface area (Å²) in [6.07, 6.45) is 1.58. The van der Waals surface area contributed by atoms with Crippen LogP contribution in [0.3, 0.4) is 0 Å². The molecule has 3 rings (SSSR count). The zero-order valence-electron chi connectivity index (χ0n) is 13.8. The minimum Gasteiger partial charge on any atom is -0.497 e. The number of ether oxygens (including phenoxy) is 1. The first kappa shape index (κ1) is 16.7. The lowest BCUT2D eigenvalue weighted by molar-refractivity contribution is -0.118. The van der Waals surface area contributed by atoms with Crippen molar-refractivity contribution in [3.63, 3.8) is 0 Å².